The zero-order valence-corrected chi connectivity index (χ0v) is 22.2. The Morgan fingerprint density at radius 3 is 2.42 bits per heavy atom. The third-order valence-corrected chi connectivity index (χ3v) is 7.58. The number of ether oxygens (including phenoxy) is 1. The van der Waals surface area contributed by atoms with Crippen molar-refractivity contribution in [2.45, 2.75) is 17.1 Å². The number of carbonyl (C=O) groups is 2. The van der Waals surface area contributed by atoms with Crippen molar-refractivity contribution in [3.05, 3.63) is 102 Å². The zero-order valence-electron chi connectivity index (χ0n) is 20.6. The first kappa shape index (κ1) is 25.5. The molecule has 0 radical (unpaired) electrons. The molecule has 6 nitrogen and oxygen atoms in total. The van der Waals surface area contributed by atoms with Gasteiger partial charge in [-0.15, -0.1) is 23.1 Å². The predicted octanol–water partition coefficient (Wildman–Crippen LogP) is 7.10. The summed E-state index contributed by atoms with van der Waals surface area (Å²) in [6.07, 6.45) is 0. The van der Waals surface area contributed by atoms with Gasteiger partial charge in [0.05, 0.1) is 10.9 Å². The van der Waals surface area contributed by atoms with Crippen molar-refractivity contribution in [2.24, 2.45) is 0 Å². The highest BCUT2D eigenvalue weighted by Gasteiger charge is 2.17. The number of benzene rings is 4. The smallest absolute Gasteiger partial charge is 0.262 e. The third-order valence-electron chi connectivity index (χ3n) is 5.71. The molecule has 1 aromatic heterocycles. The van der Waals surface area contributed by atoms with Crippen LogP contribution in [0.1, 0.15) is 6.92 Å². The highest BCUT2D eigenvalue weighted by Crippen LogP contribution is 2.29. The molecule has 0 fully saturated rings. The predicted molar refractivity (Wildman–Crippen MR) is 156 cm³/mol. The number of rotatable bonds is 9. The topological polar surface area (TPSA) is 80.3 Å². The van der Waals surface area contributed by atoms with Gasteiger partial charge in [-0.05, 0) is 60.2 Å². The van der Waals surface area contributed by atoms with Crippen LogP contribution >= 0.6 is 23.1 Å². The fraction of sp³-hybridized carbons (Fsp3) is 0.100. The number of carbonyl (C=O) groups excluding carboxylic acids is 2. The monoisotopic (exact) mass is 539 g/mol. The molecule has 5 rings (SSSR count). The Hall–Kier alpha value is -4.14. The molecule has 4 aromatic carbocycles. The maximum atomic E-state index is 12.8. The number of fused-ring (bicyclic) bond motifs is 1. The van der Waals surface area contributed by atoms with Crippen molar-refractivity contribution >= 4 is 56.5 Å². The molecule has 1 unspecified atom stereocenters. The molecule has 0 aliphatic rings. The quantitative estimate of drug-likeness (QED) is 0.195. The second-order valence-corrected chi connectivity index (χ2v) is 10.8. The highest BCUT2D eigenvalue weighted by atomic mass is 32.2. The molecule has 2 amide bonds. The normalized spacial score (nSPS) is 11.6. The second-order valence-electron chi connectivity index (χ2n) is 8.52. The fourth-order valence-corrected chi connectivity index (χ4v) is 5.35. The van der Waals surface area contributed by atoms with E-state index in [2.05, 4.69) is 39.9 Å². The number of thiazole rings is 1. The van der Waals surface area contributed by atoms with Gasteiger partial charge in [0.2, 0.25) is 5.91 Å². The van der Waals surface area contributed by atoms with E-state index < -0.39 is 0 Å². The van der Waals surface area contributed by atoms with E-state index in [0.717, 1.165) is 21.5 Å². The van der Waals surface area contributed by atoms with Crippen LogP contribution in [-0.4, -0.2) is 28.7 Å². The summed E-state index contributed by atoms with van der Waals surface area (Å²) in [7, 11) is 0. The largest absolute Gasteiger partial charge is 0.484 e. The van der Waals surface area contributed by atoms with E-state index in [1.807, 2.05) is 73.0 Å². The van der Waals surface area contributed by atoms with Crippen LogP contribution in [0.25, 0.3) is 22.0 Å². The van der Waals surface area contributed by atoms with Crippen LogP contribution < -0.4 is 15.4 Å². The lowest BCUT2D eigenvalue weighted by Gasteiger charge is -2.11. The van der Waals surface area contributed by atoms with E-state index in [1.54, 1.807) is 12.1 Å². The average molecular weight is 540 g/mol. The molecule has 0 saturated heterocycles. The van der Waals surface area contributed by atoms with Crippen LogP contribution in [0.3, 0.4) is 0 Å². The van der Waals surface area contributed by atoms with E-state index in [0.29, 0.717) is 16.6 Å². The molecule has 190 valence electrons. The average Bonchev–Trinajstić information content (AvgIpc) is 3.41. The number of aromatic nitrogens is 1. The second kappa shape index (κ2) is 11.9. The van der Waals surface area contributed by atoms with Gasteiger partial charge < -0.3 is 15.4 Å². The molecule has 2 N–H and O–H groups in total. The van der Waals surface area contributed by atoms with Gasteiger partial charge in [-0.25, -0.2) is 4.98 Å². The van der Waals surface area contributed by atoms with E-state index in [-0.39, 0.29) is 23.7 Å². The van der Waals surface area contributed by atoms with E-state index in [9.17, 15) is 9.59 Å². The number of para-hydroxylation sites is 1. The summed E-state index contributed by atoms with van der Waals surface area (Å²) in [5.74, 6) is 0.280. The molecule has 0 saturated carbocycles. The number of hydrogen-bond acceptors (Lipinski definition) is 6. The Balaban J connectivity index is 1.12. The van der Waals surface area contributed by atoms with E-state index in [4.69, 9.17) is 4.74 Å². The number of nitrogens with one attached hydrogen (secondary N) is 2. The standard InChI is InChI=1S/C30H25N3O3S2/c1-20(38-26-15-13-24(14-16-26)31-28(34)18-36-25-9-3-2-4-10-25)29(35)33-30-32-27(19-37-30)23-12-11-21-7-5-6-8-22(21)17-23/h2-17,19-20H,18H2,1H3,(H,31,34)(H,32,33,35). The summed E-state index contributed by atoms with van der Waals surface area (Å²) in [6.45, 7) is 1.78. The fourth-order valence-electron chi connectivity index (χ4n) is 3.76. The Kier molecular flexibility index (Phi) is 8.01. The van der Waals surface area contributed by atoms with Crippen molar-refractivity contribution < 1.29 is 14.3 Å². The third kappa shape index (κ3) is 6.59. The summed E-state index contributed by atoms with van der Waals surface area (Å²) in [5.41, 5.74) is 2.52. The SMILES string of the molecule is CC(Sc1ccc(NC(=O)COc2ccccc2)cc1)C(=O)Nc1nc(-c2ccc3ccccc3c2)cs1. The van der Waals surface area contributed by atoms with Gasteiger partial charge in [-0.2, -0.15) is 0 Å². The van der Waals surface area contributed by atoms with Crippen LogP contribution in [-0.2, 0) is 9.59 Å². The zero-order chi connectivity index (χ0) is 26.3. The first-order valence-electron chi connectivity index (χ1n) is 12.0. The van der Waals surface area contributed by atoms with Crippen LogP contribution in [0.15, 0.2) is 107 Å². The van der Waals surface area contributed by atoms with Gasteiger partial charge in [0.1, 0.15) is 5.75 Å². The van der Waals surface area contributed by atoms with Crippen LogP contribution in [0.4, 0.5) is 10.8 Å². The number of thioether (sulfide) groups is 1. The number of hydrogen-bond donors (Lipinski definition) is 2. The molecule has 0 aliphatic heterocycles. The van der Waals surface area contributed by atoms with Gasteiger partial charge in [0, 0.05) is 21.5 Å². The molecule has 0 bridgehead atoms. The van der Waals surface area contributed by atoms with Crippen molar-refractivity contribution in [3.8, 4) is 17.0 Å². The summed E-state index contributed by atoms with van der Waals surface area (Å²) >= 11 is 2.85. The molecule has 0 spiro atoms. The maximum absolute atomic E-state index is 12.8. The van der Waals surface area contributed by atoms with Crippen molar-refractivity contribution in [3.63, 3.8) is 0 Å². The van der Waals surface area contributed by atoms with Crippen molar-refractivity contribution in [2.75, 3.05) is 17.2 Å². The molecule has 8 heteroatoms. The first-order chi connectivity index (χ1) is 18.5. The Morgan fingerprint density at radius 2 is 1.63 bits per heavy atom. The van der Waals surface area contributed by atoms with Gasteiger partial charge >= 0.3 is 0 Å². The molecule has 38 heavy (non-hydrogen) atoms. The summed E-state index contributed by atoms with van der Waals surface area (Å²) in [4.78, 5) is 30.5. The Bertz CT molecular complexity index is 1550. The lowest BCUT2D eigenvalue weighted by atomic mass is 10.1. The van der Waals surface area contributed by atoms with Gasteiger partial charge in [-0.3, -0.25) is 9.59 Å². The van der Waals surface area contributed by atoms with Crippen LogP contribution in [0.2, 0.25) is 0 Å². The minimum absolute atomic E-state index is 0.0724. The van der Waals surface area contributed by atoms with Crippen molar-refractivity contribution in [1.29, 1.82) is 0 Å². The van der Waals surface area contributed by atoms with E-state index in [1.165, 1.54) is 28.5 Å². The lowest BCUT2D eigenvalue weighted by Crippen LogP contribution is -2.22. The summed E-state index contributed by atoms with van der Waals surface area (Å²) in [5, 5.41) is 10.3. The van der Waals surface area contributed by atoms with E-state index >= 15 is 0 Å². The van der Waals surface area contributed by atoms with Gasteiger partial charge in [0.25, 0.3) is 5.91 Å². The molecular weight excluding hydrogens is 514 g/mol. The molecule has 5 aromatic rings. The van der Waals surface area contributed by atoms with Crippen LogP contribution in [0.5, 0.6) is 5.75 Å². The first-order valence-corrected chi connectivity index (χ1v) is 13.8. The Morgan fingerprint density at radius 1 is 0.895 bits per heavy atom. The molecule has 1 heterocycles. The highest BCUT2D eigenvalue weighted by molar-refractivity contribution is 8.00. The molecule has 0 aliphatic carbocycles. The molecule has 1 atom stereocenters. The molecular formula is C30H25N3O3S2. The number of anilines is 2. The lowest BCUT2D eigenvalue weighted by molar-refractivity contribution is -0.118. The van der Waals surface area contributed by atoms with Gasteiger partial charge in [-0.1, -0.05) is 54.6 Å². The van der Waals surface area contributed by atoms with Crippen LogP contribution in [0, 0.1) is 0 Å². The summed E-state index contributed by atoms with van der Waals surface area (Å²) < 4.78 is 5.47. The van der Waals surface area contributed by atoms with Crippen molar-refractivity contribution in [1.82, 2.24) is 4.98 Å². The number of nitrogens with zero attached hydrogens (tertiary/aromatic N) is 1. The maximum Gasteiger partial charge on any atom is 0.262 e. The van der Waals surface area contributed by atoms with Gasteiger partial charge in [0.15, 0.2) is 11.7 Å². The minimum atomic E-state index is -0.331. The minimum Gasteiger partial charge on any atom is -0.484 e. The Labute approximate surface area is 229 Å². The summed E-state index contributed by atoms with van der Waals surface area (Å²) in [6, 6.07) is 31.0. The number of amides is 2.